The lowest BCUT2D eigenvalue weighted by Crippen LogP contribution is -1.99. The number of thioether (sulfide) groups is 1. The molecular weight excluding hydrogens is 284 g/mol. The summed E-state index contributed by atoms with van der Waals surface area (Å²) in [5.41, 5.74) is 0.842. The van der Waals surface area contributed by atoms with Gasteiger partial charge in [-0.15, -0.1) is 11.8 Å². The van der Waals surface area contributed by atoms with Gasteiger partial charge in [-0.05, 0) is 18.2 Å². The van der Waals surface area contributed by atoms with E-state index in [1.807, 2.05) is 19.1 Å². The van der Waals surface area contributed by atoms with Gasteiger partial charge in [-0.2, -0.15) is 0 Å². The highest BCUT2D eigenvalue weighted by Gasteiger charge is 2.09. The standard InChI is InChI=1S/C13H13ClN2O2S/c1-2-11-15-10-4-3-8(14)7-9(10)13(16-11)19-6-5-12(17)18/h3-4,7H,2,5-6H2,1H3,(H,17,18). The van der Waals surface area contributed by atoms with Crippen LogP contribution in [0.4, 0.5) is 0 Å². The number of hydrogen-bond acceptors (Lipinski definition) is 4. The van der Waals surface area contributed by atoms with Crippen LogP contribution in [0, 0.1) is 0 Å². The molecule has 2 rings (SSSR count). The number of hydrogen-bond donors (Lipinski definition) is 1. The SMILES string of the molecule is CCc1nc(SCCC(=O)O)c2cc(Cl)ccc2n1. The average Bonchev–Trinajstić information content (AvgIpc) is 2.38. The number of carbonyl (C=O) groups is 1. The molecule has 0 bridgehead atoms. The van der Waals surface area contributed by atoms with E-state index in [2.05, 4.69) is 9.97 Å². The van der Waals surface area contributed by atoms with Crippen molar-refractivity contribution in [3.8, 4) is 0 Å². The molecule has 100 valence electrons. The maximum absolute atomic E-state index is 10.6. The van der Waals surface area contributed by atoms with Crippen molar-refractivity contribution >= 4 is 40.2 Å². The number of aryl methyl sites for hydroxylation is 1. The highest BCUT2D eigenvalue weighted by atomic mass is 35.5. The Balaban J connectivity index is 2.38. The Morgan fingerprint density at radius 2 is 2.21 bits per heavy atom. The molecule has 0 spiro atoms. The van der Waals surface area contributed by atoms with Crippen molar-refractivity contribution < 1.29 is 9.90 Å². The summed E-state index contributed by atoms with van der Waals surface area (Å²) in [6, 6.07) is 5.47. The molecule has 0 unspecified atom stereocenters. The van der Waals surface area contributed by atoms with E-state index < -0.39 is 5.97 Å². The highest BCUT2D eigenvalue weighted by molar-refractivity contribution is 7.99. The maximum atomic E-state index is 10.6. The van der Waals surface area contributed by atoms with Crippen LogP contribution >= 0.6 is 23.4 Å². The van der Waals surface area contributed by atoms with Crippen molar-refractivity contribution in [2.75, 3.05) is 5.75 Å². The first-order chi connectivity index (χ1) is 9.10. The molecule has 1 heterocycles. The van der Waals surface area contributed by atoms with Crippen molar-refractivity contribution in [1.29, 1.82) is 0 Å². The van der Waals surface area contributed by atoms with Gasteiger partial charge in [0.1, 0.15) is 10.9 Å². The summed E-state index contributed by atoms with van der Waals surface area (Å²) in [5, 5.41) is 11.0. The molecule has 4 nitrogen and oxygen atoms in total. The first-order valence-corrected chi connectivity index (χ1v) is 7.27. The fourth-order valence-electron chi connectivity index (χ4n) is 1.62. The second kappa shape index (κ2) is 6.21. The molecule has 0 amide bonds. The van der Waals surface area contributed by atoms with Crippen LogP contribution in [-0.2, 0) is 11.2 Å². The largest absolute Gasteiger partial charge is 0.481 e. The first kappa shape index (κ1) is 14.1. The van der Waals surface area contributed by atoms with Gasteiger partial charge in [-0.3, -0.25) is 4.79 Å². The van der Waals surface area contributed by atoms with Gasteiger partial charge >= 0.3 is 5.97 Å². The molecule has 0 aliphatic heterocycles. The molecule has 0 fully saturated rings. The van der Waals surface area contributed by atoms with E-state index in [-0.39, 0.29) is 6.42 Å². The maximum Gasteiger partial charge on any atom is 0.304 e. The number of fused-ring (bicyclic) bond motifs is 1. The Kier molecular flexibility index (Phi) is 4.61. The molecule has 1 N–H and O–H groups in total. The number of halogens is 1. The van der Waals surface area contributed by atoms with E-state index >= 15 is 0 Å². The zero-order valence-corrected chi connectivity index (χ0v) is 12.0. The normalized spacial score (nSPS) is 10.8. The van der Waals surface area contributed by atoms with E-state index in [0.717, 1.165) is 28.2 Å². The minimum absolute atomic E-state index is 0.109. The second-order valence-corrected chi connectivity index (χ2v) is 5.47. The van der Waals surface area contributed by atoms with Gasteiger partial charge in [0.25, 0.3) is 0 Å². The summed E-state index contributed by atoms with van der Waals surface area (Å²) in [6.45, 7) is 1.99. The van der Waals surface area contributed by atoms with E-state index in [0.29, 0.717) is 10.8 Å². The van der Waals surface area contributed by atoms with Crippen LogP contribution in [0.25, 0.3) is 10.9 Å². The minimum Gasteiger partial charge on any atom is -0.481 e. The Morgan fingerprint density at radius 3 is 2.89 bits per heavy atom. The van der Waals surface area contributed by atoms with Gasteiger partial charge in [0.2, 0.25) is 0 Å². The van der Waals surface area contributed by atoms with Crippen LogP contribution < -0.4 is 0 Å². The van der Waals surface area contributed by atoms with Crippen molar-refractivity contribution in [2.24, 2.45) is 0 Å². The molecule has 1 aromatic heterocycles. The smallest absolute Gasteiger partial charge is 0.304 e. The average molecular weight is 297 g/mol. The van der Waals surface area contributed by atoms with Crippen LogP contribution in [0.3, 0.4) is 0 Å². The van der Waals surface area contributed by atoms with Crippen LogP contribution in [0.2, 0.25) is 5.02 Å². The van der Waals surface area contributed by atoms with Gasteiger partial charge in [-0.25, -0.2) is 9.97 Å². The molecule has 0 atom stereocenters. The summed E-state index contributed by atoms with van der Waals surface area (Å²) >= 11 is 7.42. The summed E-state index contributed by atoms with van der Waals surface area (Å²) in [7, 11) is 0. The molecule has 0 radical (unpaired) electrons. The van der Waals surface area contributed by atoms with E-state index in [4.69, 9.17) is 16.7 Å². The number of benzene rings is 1. The third-order valence-electron chi connectivity index (χ3n) is 2.54. The highest BCUT2D eigenvalue weighted by Crippen LogP contribution is 2.28. The predicted octanol–water partition coefficient (Wildman–Crippen LogP) is 3.41. The monoisotopic (exact) mass is 296 g/mol. The molecule has 0 saturated heterocycles. The van der Waals surface area contributed by atoms with Crippen LogP contribution in [0.1, 0.15) is 19.2 Å². The number of carboxylic acids is 1. The van der Waals surface area contributed by atoms with Crippen LogP contribution in [0.15, 0.2) is 23.2 Å². The van der Waals surface area contributed by atoms with Gasteiger partial charge in [0.15, 0.2) is 0 Å². The summed E-state index contributed by atoms with van der Waals surface area (Å²) in [6.07, 6.45) is 0.850. The Morgan fingerprint density at radius 1 is 1.42 bits per heavy atom. The van der Waals surface area contributed by atoms with Gasteiger partial charge < -0.3 is 5.11 Å². The van der Waals surface area contributed by atoms with Gasteiger partial charge in [0, 0.05) is 22.6 Å². The third kappa shape index (κ3) is 3.58. The Bertz CT molecular complexity index is 619. The van der Waals surface area contributed by atoms with E-state index in [1.165, 1.54) is 11.8 Å². The zero-order valence-electron chi connectivity index (χ0n) is 10.4. The fourth-order valence-corrected chi connectivity index (χ4v) is 2.75. The summed E-state index contributed by atoms with van der Waals surface area (Å²) < 4.78 is 0. The molecular formula is C13H13ClN2O2S. The lowest BCUT2D eigenvalue weighted by Gasteiger charge is -2.07. The Hall–Kier alpha value is -1.33. The van der Waals surface area contributed by atoms with Crippen LogP contribution in [-0.4, -0.2) is 26.8 Å². The quantitative estimate of drug-likeness (QED) is 0.676. The molecule has 0 aliphatic carbocycles. The fraction of sp³-hybridized carbons (Fsp3) is 0.308. The predicted molar refractivity (Wildman–Crippen MR) is 76.9 cm³/mol. The number of nitrogens with zero attached hydrogens (tertiary/aromatic N) is 2. The van der Waals surface area contributed by atoms with Crippen LogP contribution in [0.5, 0.6) is 0 Å². The van der Waals surface area contributed by atoms with E-state index in [1.54, 1.807) is 6.07 Å². The van der Waals surface area contributed by atoms with Gasteiger partial charge in [0.05, 0.1) is 11.9 Å². The van der Waals surface area contributed by atoms with Crippen molar-refractivity contribution in [1.82, 2.24) is 9.97 Å². The lowest BCUT2D eigenvalue weighted by molar-refractivity contribution is -0.136. The summed E-state index contributed by atoms with van der Waals surface area (Å²) in [5.74, 6) is 0.434. The second-order valence-electron chi connectivity index (χ2n) is 3.95. The molecule has 1 aromatic carbocycles. The lowest BCUT2D eigenvalue weighted by atomic mass is 10.2. The van der Waals surface area contributed by atoms with Crippen molar-refractivity contribution in [2.45, 2.75) is 24.8 Å². The van der Waals surface area contributed by atoms with Gasteiger partial charge in [-0.1, -0.05) is 18.5 Å². The van der Waals surface area contributed by atoms with Crippen molar-refractivity contribution in [3.05, 3.63) is 29.0 Å². The number of rotatable bonds is 5. The first-order valence-electron chi connectivity index (χ1n) is 5.91. The Labute approximate surface area is 120 Å². The molecule has 2 aromatic rings. The van der Waals surface area contributed by atoms with Crippen molar-refractivity contribution in [3.63, 3.8) is 0 Å². The molecule has 6 heteroatoms. The molecule has 0 saturated carbocycles. The van der Waals surface area contributed by atoms with E-state index in [9.17, 15) is 4.79 Å². The zero-order chi connectivity index (χ0) is 13.8. The summed E-state index contributed by atoms with van der Waals surface area (Å²) in [4.78, 5) is 19.5. The molecule has 19 heavy (non-hydrogen) atoms. The topological polar surface area (TPSA) is 63.1 Å². The number of aliphatic carboxylic acids is 1. The minimum atomic E-state index is -0.806. The number of carboxylic acid groups (broad SMARTS) is 1. The third-order valence-corrected chi connectivity index (χ3v) is 3.77. The molecule has 0 aliphatic rings. The number of aromatic nitrogens is 2.